The third-order valence-electron chi connectivity index (χ3n) is 9.16. The van der Waals surface area contributed by atoms with Gasteiger partial charge in [0.05, 0.1) is 24.9 Å². The van der Waals surface area contributed by atoms with Crippen molar-refractivity contribution in [3.63, 3.8) is 0 Å². The molecule has 3 atom stereocenters. The van der Waals surface area contributed by atoms with Crippen LogP contribution in [0.5, 0.6) is 0 Å². The lowest BCUT2D eigenvalue weighted by Gasteiger charge is -2.46. The average molecular weight is 470 g/mol. The summed E-state index contributed by atoms with van der Waals surface area (Å²) >= 11 is 0. The van der Waals surface area contributed by atoms with E-state index in [9.17, 15) is 0 Å². The number of hydrogen-bond acceptors (Lipinski definition) is 4. The summed E-state index contributed by atoms with van der Waals surface area (Å²) in [5, 5.41) is 9.83. The number of piperidine rings is 1. The number of aryl methyl sites for hydroxylation is 1. The number of nitrogens with one attached hydrogen (secondary N) is 1. The summed E-state index contributed by atoms with van der Waals surface area (Å²) in [4.78, 5) is 6.63. The van der Waals surface area contributed by atoms with Gasteiger partial charge < -0.3 is 9.72 Å². The molecular formula is C29H35N5O. The standard InChI is InChI=1S/C29H35N5O/c1-16(2)27-24-11-19(20-9-21-6-7-22(10-20)34(21)23-13-35-14-23)5-8-26(24)31-28(27)25-12-33-15-30-32-29(33)18(4)17(25)3/h5,8,11-12,15-16,20-23,31H,6-7,9-10,13-14H2,1-4H3/t20?,21-,22+. The van der Waals surface area contributed by atoms with Gasteiger partial charge in [-0.2, -0.15) is 0 Å². The number of aromatic nitrogens is 4. The lowest BCUT2D eigenvalue weighted by molar-refractivity contribution is -0.0928. The molecule has 3 fully saturated rings. The van der Waals surface area contributed by atoms with Crippen molar-refractivity contribution in [1.29, 1.82) is 0 Å². The quantitative estimate of drug-likeness (QED) is 0.415. The number of fused-ring (bicyclic) bond motifs is 4. The summed E-state index contributed by atoms with van der Waals surface area (Å²) in [7, 11) is 0. The molecule has 7 rings (SSSR count). The van der Waals surface area contributed by atoms with Crippen molar-refractivity contribution in [3.8, 4) is 11.3 Å². The number of nitrogens with zero attached hydrogens (tertiary/aromatic N) is 4. The smallest absolute Gasteiger partial charge is 0.163 e. The fraction of sp³-hybridized carbons (Fsp3) is 0.517. The normalized spacial score (nSPS) is 25.2. The Bertz CT molecular complexity index is 1410. The zero-order chi connectivity index (χ0) is 23.8. The van der Waals surface area contributed by atoms with Gasteiger partial charge in [0.15, 0.2) is 5.65 Å². The molecule has 4 aromatic rings. The summed E-state index contributed by atoms with van der Waals surface area (Å²) in [5.41, 5.74) is 10.0. The maximum atomic E-state index is 5.53. The monoisotopic (exact) mass is 469 g/mol. The Hall–Kier alpha value is -2.70. The molecule has 6 heteroatoms. The van der Waals surface area contributed by atoms with Crippen molar-refractivity contribution in [2.75, 3.05) is 13.2 Å². The van der Waals surface area contributed by atoms with E-state index in [-0.39, 0.29) is 0 Å². The molecule has 1 unspecified atom stereocenters. The fourth-order valence-corrected chi connectivity index (χ4v) is 7.24. The number of H-pyrrole nitrogens is 1. The minimum atomic E-state index is 0.418. The number of pyridine rings is 1. The lowest BCUT2D eigenvalue weighted by Crippen LogP contribution is -2.56. The zero-order valence-electron chi connectivity index (χ0n) is 21.2. The molecule has 2 bridgehead atoms. The second-order valence-corrected chi connectivity index (χ2v) is 11.4. The summed E-state index contributed by atoms with van der Waals surface area (Å²) in [6.07, 6.45) is 9.28. The maximum Gasteiger partial charge on any atom is 0.163 e. The predicted molar refractivity (Wildman–Crippen MR) is 139 cm³/mol. The maximum absolute atomic E-state index is 5.53. The first-order valence-electron chi connectivity index (χ1n) is 13.3. The van der Waals surface area contributed by atoms with Crippen LogP contribution in [0.1, 0.15) is 73.6 Å². The van der Waals surface area contributed by atoms with Crippen molar-refractivity contribution < 1.29 is 4.74 Å². The van der Waals surface area contributed by atoms with Gasteiger partial charge in [-0.25, -0.2) is 0 Å². The van der Waals surface area contributed by atoms with E-state index in [2.05, 4.69) is 76.6 Å². The Balaban J connectivity index is 1.29. The molecular weight excluding hydrogens is 434 g/mol. The van der Waals surface area contributed by atoms with Crippen LogP contribution < -0.4 is 0 Å². The summed E-state index contributed by atoms with van der Waals surface area (Å²) < 4.78 is 7.58. The molecule has 35 heavy (non-hydrogen) atoms. The van der Waals surface area contributed by atoms with E-state index in [0.29, 0.717) is 17.9 Å². The van der Waals surface area contributed by atoms with E-state index >= 15 is 0 Å². The van der Waals surface area contributed by atoms with Crippen LogP contribution in [-0.2, 0) is 4.74 Å². The highest BCUT2D eigenvalue weighted by atomic mass is 16.5. The minimum absolute atomic E-state index is 0.418. The SMILES string of the molecule is Cc1c(-c2[nH]c3ccc(C4C[C@H]5CC[C@@H](C4)N5C4COC4)cc3c2C(C)C)cn2cnnc2c1C. The number of ether oxygens (including phenoxy) is 1. The molecule has 6 nitrogen and oxygen atoms in total. The highest BCUT2D eigenvalue weighted by Crippen LogP contribution is 2.46. The van der Waals surface area contributed by atoms with Crippen molar-refractivity contribution >= 4 is 16.6 Å². The van der Waals surface area contributed by atoms with Gasteiger partial charge in [-0.05, 0) is 85.8 Å². The van der Waals surface area contributed by atoms with Gasteiger partial charge in [0, 0.05) is 34.7 Å². The van der Waals surface area contributed by atoms with Crippen molar-refractivity contribution in [2.45, 2.75) is 83.3 Å². The van der Waals surface area contributed by atoms with Gasteiger partial charge in [-0.15, -0.1) is 10.2 Å². The molecule has 6 heterocycles. The van der Waals surface area contributed by atoms with Crippen LogP contribution >= 0.6 is 0 Å². The lowest BCUT2D eigenvalue weighted by atomic mass is 9.83. The van der Waals surface area contributed by atoms with E-state index in [1.165, 1.54) is 70.1 Å². The topological polar surface area (TPSA) is 58.5 Å². The van der Waals surface area contributed by atoms with Crippen LogP contribution in [0.2, 0.25) is 0 Å². The third kappa shape index (κ3) is 3.22. The van der Waals surface area contributed by atoms with Crippen LogP contribution in [0.3, 0.4) is 0 Å². The van der Waals surface area contributed by atoms with E-state index in [4.69, 9.17) is 4.74 Å². The highest BCUT2D eigenvalue weighted by molar-refractivity contribution is 5.92. The molecule has 0 amide bonds. The number of rotatable bonds is 4. The van der Waals surface area contributed by atoms with Crippen LogP contribution in [0, 0.1) is 13.8 Å². The van der Waals surface area contributed by atoms with E-state index in [0.717, 1.165) is 30.9 Å². The summed E-state index contributed by atoms with van der Waals surface area (Å²) in [6.45, 7) is 10.9. The number of benzene rings is 1. The van der Waals surface area contributed by atoms with E-state index in [1.807, 2.05) is 0 Å². The van der Waals surface area contributed by atoms with Crippen LogP contribution in [0.15, 0.2) is 30.7 Å². The first kappa shape index (κ1) is 21.6. The summed E-state index contributed by atoms with van der Waals surface area (Å²) in [5.74, 6) is 1.08. The van der Waals surface area contributed by atoms with Gasteiger partial charge in [0.2, 0.25) is 0 Å². The molecule has 3 aromatic heterocycles. The van der Waals surface area contributed by atoms with E-state index in [1.54, 1.807) is 6.33 Å². The second kappa shape index (κ2) is 7.90. The van der Waals surface area contributed by atoms with E-state index < -0.39 is 0 Å². The molecule has 3 aliphatic heterocycles. The highest BCUT2D eigenvalue weighted by Gasteiger charge is 2.46. The van der Waals surface area contributed by atoms with Gasteiger partial charge in [0.1, 0.15) is 6.33 Å². The van der Waals surface area contributed by atoms with Gasteiger partial charge in [-0.3, -0.25) is 9.30 Å². The molecule has 0 spiro atoms. The Morgan fingerprint density at radius 1 is 1.03 bits per heavy atom. The third-order valence-corrected chi connectivity index (χ3v) is 9.16. The van der Waals surface area contributed by atoms with Gasteiger partial charge in [0.25, 0.3) is 0 Å². The fourth-order valence-electron chi connectivity index (χ4n) is 7.24. The molecule has 0 saturated carbocycles. The second-order valence-electron chi connectivity index (χ2n) is 11.4. The largest absolute Gasteiger partial charge is 0.378 e. The Morgan fingerprint density at radius 2 is 1.80 bits per heavy atom. The molecule has 0 aliphatic carbocycles. The molecule has 0 radical (unpaired) electrons. The minimum Gasteiger partial charge on any atom is -0.378 e. The van der Waals surface area contributed by atoms with Gasteiger partial charge >= 0.3 is 0 Å². The molecule has 3 aliphatic rings. The van der Waals surface area contributed by atoms with Crippen molar-refractivity contribution in [1.82, 2.24) is 24.5 Å². The molecule has 3 saturated heterocycles. The number of hydrogen-bond donors (Lipinski definition) is 1. The Morgan fingerprint density at radius 3 is 2.49 bits per heavy atom. The first-order valence-corrected chi connectivity index (χ1v) is 13.3. The van der Waals surface area contributed by atoms with Crippen LogP contribution in [0.4, 0.5) is 0 Å². The average Bonchev–Trinajstić information content (AvgIpc) is 3.49. The van der Waals surface area contributed by atoms with Crippen LogP contribution in [-0.4, -0.2) is 55.8 Å². The first-order chi connectivity index (χ1) is 17.0. The Kier molecular flexibility index (Phi) is 4.87. The molecule has 1 aromatic carbocycles. The zero-order valence-corrected chi connectivity index (χ0v) is 21.2. The van der Waals surface area contributed by atoms with Crippen molar-refractivity contribution in [2.24, 2.45) is 0 Å². The van der Waals surface area contributed by atoms with Gasteiger partial charge in [-0.1, -0.05) is 19.9 Å². The molecule has 1 N–H and O–H groups in total. The van der Waals surface area contributed by atoms with Crippen molar-refractivity contribution in [3.05, 3.63) is 53.0 Å². The Labute approximate surface area is 206 Å². The van der Waals surface area contributed by atoms with Crippen LogP contribution in [0.25, 0.3) is 27.8 Å². The predicted octanol–water partition coefficient (Wildman–Crippen LogP) is 5.73. The summed E-state index contributed by atoms with van der Waals surface area (Å²) in [6, 6.07) is 9.36. The molecule has 182 valence electrons. The number of aromatic amines is 1.